The number of aromatic nitrogens is 2. The highest BCUT2D eigenvalue weighted by atomic mass is 16.5. The summed E-state index contributed by atoms with van der Waals surface area (Å²) < 4.78 is 21.2. The predicted octanol–water partition coefficient (Wildman–Crippen LogP) is 3.10. The third kappa shape index (κ3) is 3.06. The van der Waals surface area contributed by atoms with Crippen molar-refractivity contribution in [2.75, 3.05) is 34.5 Å². The van der Waals surface area contributed by atoms with E-state index in [0.717, 1.165) is 27.4 Å². The number of esters is 1. The number of ether oxygens (including phenoxy) is 4. The Balaban J connectivity index is 2.31. The molecule has 7 nitrogen and oxygen atoms in total. The fourth-order valence-electron chi connectivity index (χ4n) is 3.11. The zero-order chi connectivity index (χ0) is 18.7. The molecule has 1 N–H and O–H groups in total. The van der Waals surface area contributed by atoms with Crippen LogP contribution in [0.25, 0.3) is 21.8 Å². The topological polar surface area (TPSA) is 82.7 Å². The summed E-state index contributed by atoms with van der Waals surface area (Å²) in [6.07, 6.45) is 2.19. The van der Waals surface area contributed by atoms with Crippen LogP contribution in [-0.2, 0) is 15.9 Å². The van der Waals surface area contributed by atoms with Gasteiger partial charge in [0.1, 0.15) is 0 Å². The molecule has 0 spiro atoms. The van der Waals surface area contributed by atoms with Crippen LogP contribution in [-0.4, -0.2) is 50.5 Å². The van der Waals surface area contributed by atoms with Crippen molar-refractivity contribution in [2.24, 2.45) is 0 Å². The third-order valence-corrected chi connectivity index (χ3v) is 4.27. The zero-order valence-electron chi connectivity index (χ0n) is 15.3. The van der Waals surface area contributed by atoms with E-state index in [9.17, 15) is 4.79 Å². The number of nitrogens with one attached hydrogen (secondary N) is 1. The van der Waals surface area contributed by atoms with Crippen LogP contribution in [0.4, 0.5) is 0 Å². The Labute approximate surface area is 151 Å². The first-order chi connectivity index (χ1) is 12.6. The number of benzene rings is 1. The van der Waals surface area contributed by atoms with Gasteiger partial charge < -0.3 is 23.9 Å². The molecular formula is C19H22N2O5. The van der Waals surface area contributed by atoms with Crippen LogP contribution in [0.15, 0.2) is 18.3 Å². The number of pyridine rings is 1. The molecule has 0 aliphatic heterocycles. The molecule has 2 heterocycles. The minimum atomic E-state index is -0.435. The van der Waals surface area contributed by atoms with Crippen LogP contribution in [0.1, 0.15) is 23.0 Å². The standard InChI is InChI=1S/C19H22N2O5/c1-5-26-19(22)18-11(6-7-23-2)17-12-8-15(24-3)16(25-4)9-13(12)21-14(17)10-20-18/h8-10,21H,5-7H2,1-4H3. The second kappa shape index (κ2) is 7.61. The van der Waals surface area contributed by atoms with E-state index >= 15 is 0 Å². The summed E-state index contributed by atoms with van der Waals surface area (Å²) in [4.78, 5) is 20.0. The Kier molecular flexibility index (Phi) is 5.27. The van der Waals surface area contributed by atoms with Crippen molar-refractivity contribution < 1.29 is 23.7 Å². The smallest absolute Gasteiger partial charge is 0.357 e. The maximum Gasteiger partial charge on any atom is 0.357 e. The number of fused-ring (bicyclic) bond motifs is 3. The first-order valence-corrected chi connectivity index (χ1v) is 8.35. The molecule has 0 aliphatic carbocycles. The van der Waals surface area contributed by atoms with Crippen molar-refractivity contribution in [1.29, 1.82) is 0 Å². The number of methoxy groups -OCH3 is 3. The van der Waals surface area contributed by atoms with E-state index in [0.29, 0.717) is 36.8 Å². The molecule has 7 heteroatoms. The van der Waals surface area contributed by atoms with Crippen molar-refractivity contribution >= 4 is 27.8 Å². The number of nitrogens with zero attached hydrogens (tertiary/aromatic N) is 1. The Morgan fingerprint density at radius 3 is 2.50 bits per heavy atom. The van der Waals surface area contributed by atoms with E-state index < -0.39 is 5.97 Å². The molecule has 2 aromatic heterocycles. The molecule has 0 aliphatic rings. The summed E-state index contributed by atoms with van der Waals surface area (Å²) in [5.74, 6) is 0.812. The number of H-pyrrole nitrogens is 1. The Morgan fingerprint density at radius 1 is 1.12 bits per heavy atom. The monoisotopic (exact) mass is 358 g/mol. The lowest BCUT2D eigenvalue weighted by atomic mass is 10.0. The minimum absolute atomic E-state index is 0.293. The quantitative estimate of drug-likeness (QED) is 0.654. The maximum atomic E-state index is 12.4. The van der Waals surface area contributed by atoms with Crippen LogP contribution in [0.3, 0.4) is 0 Å². The summed E-state index contributed by atoms with van der Waals surface area (Å²) in [6.45, 7) is 2.53. The fraction of sp³-hybridized carbons (Fsp3) is 0.368. The molecule has 0 atom stereocenters. The molecule has 0 saturated heterocycles. The highest BCUT2D eigenvalue weighted by Crippen LogP contribution is 2.37. The van der Waals surface area contributed by atoms with Crippen LogP contribution >= 0.6 is 0 Å². The van der Waals surface area contributed by atoms with E-state index in [2.05, 4.69) is 9.97 Å². The number of aromatic amines is 1. The van der Waals surface area contributed by atoms with Crippen LogP contribution in [0.5, 0.6) is 11.5 Å². The molecule has 3 rings (SSSR count). The van der Waals surface area contributed by atoms with Gasteiger partial charge in [0.15, 0.2) is 17.2 Å². The van der Waals surface area contributed by atoms with Gasteiger partial charge in [-0.1, -0.05) is 0 Å². The Morgan fingerprint density at radius 2 is 1.85 bits per heavy atom. The van der Waals surface area contributed by atoms with Gasteiger partial charge in [0.2, 0.25) is 0 Å². The Hall–Kier alpha value is -2.80. The van der Waals surface area contributed by atoms with Crippen LogP contribution < -0.4 is 9.47 Å². The molecule has 138 valence electrons. The molecule has 1 aromatic carbocycles. The average Bonchev–Trinajstić information content (AvgIpc) is 3.02. The molecule has 0 amide bonds. The Bertz CT molecular complexity index is 948. The van der Waals surface area contributed by atoms with Gasteiger partial charge in [-0.05, 0) is 25.0 Å². The van der Waals surface area contributed by atoms with E-state index in [4.69, 9.17) is 18.9 Å². The van der Waals surface area contributed by atoms with E-state index in [1.54, 1.807) is 34.4 Å². The van der Waals surface area contributed by atoms with Crippen molar-refractivity contribution in [3.05, 3.63) is 29.6 Å². The van der Waals surface area contributed by atoms with Gasteiger partial charge in [0.25, 0.3) is 0 Å². The lowest BCUT2D eigenvalue weighted by molar-refractivity contribution is 0.0518. The second-order valence-electron chi connectivity index (χ2n) is 5.72. The number of carbonyl (C=O) groups excluding carboxylic acids is 1. The van der Waals surface area contributed by atoms with Gasteiger partial charge in [-0.3, -0.25) is 0 Å². The number of hydrogen-bond acceptors (Lipinski definition) is 6. The first kappa shape index (κ1) is 18.0. The summed E-state index contributed by atoms with van der Waals surface area (Å²) in [5, 5.41) is 1.84. The largest absolute Gasteiger partial charge is 0.493 e. The second-order valence-corrected chi connectivity index (χ2v) is 5.72. The molecule has 3 aromatic rings. The van der Waals surface area contributed by atoms with Gasteiger partial charge in [-0.25, -0.2) is 9.78 Å². The fourth-order valence-corrected chi connectivity index (χ4v) is 3.11. The van der Waals surface area contributed by atoms with E-state index in [1.807, 2.05) is 12.1 Å². The number of hydrogen-bond donors (Lipinski definition) is 1. The predicted molar refractivity (Wildman–Crippen MR) is 98.2 cm³/mol. The molecule has 0 bridgehead atoms. The zero-order valence-corrected chi connectivity index (χ0v) is 15.3. The van der Waals surface area contributed by atoms with Crippen molar-refractivity contribution in [2.45, 2.75) is 13.3 Å². The lowest BCUT2D eigenvalue weighted by Crippen LogP contribution is -2.12. The summed E-state index contributed by atoms with van der Waals surface area (Å²) in [7, 11) is 4.81. The molecule has 0 fully saturated rings. The molecule has 0 unspecified atom stereocenters. The van der Waals surface area contributed by atoms with Gasteiger partial charge in [-0.2, -0.15) is 0 Å². The van der Waals surface area contributed by atoms with Gasteiger partial charge in [-0.15, -0.1) is 0 Å². The van der Waals surface area contributed by atoms with Gasteiger partial charge >= 0.3 is 5.97 Å². The SMILES string of the molecule is CCOC(=O)c1ncc2[nH]c3cc(OC)c(OC)cc3c2c1CCOC. The first-order valence-electron chi connectivity index (χ1n) is 8.35. The summed E-state index contributed by atoms with van der Waals surface area (Å²) in [6, 6.07) is 3.77. The number of carbonyl (C=O) groups is 1. The van der Waals surface area contributed by atoms with Crippen LogP contribution in [0, 0.1) is 0 Å². The molecule has 26 heavy (non-hydrogen) atoms. The third-order valence-electron chi connectivity index (χ3n) is 4.27. The highest BCUT2D eigenvalue weighted by molar-refractivity contribution is 6.12. The van der Waals surface area contributed by atoms with Crippen molar-refractivity contribution in [1.82, 2.24) is 9.97 Å². The molecule has 0 radical (unpaired) electrons. The average molecular weight is 358 g/mol. The molecule has 0 saturated carbocycles. The van der Waals surface area contributed by atoms with E-state index in [1.165, 1.54) is 0 Å². The van der Waals surface area contributed by atoms with Crippen molar-refractivity contribution in [3.8, 4) is 11.5 Å². The van der Waals surface area contributed by atoms with Gasteiger partial charge in [0.05, 0.1) is 44.7 Å². The maximum absolute atomic E-state index is 12.4. The normalized spacial score (nSPS) is 11.1. The van der Waals surface area contributed by atoms with Crippen LogP contribution in [0.2, 0.25) is 0 Å². The lowest BCUT2D eigenvalue weighted by Gasteiger charge is -2.10. The summed E-state index contributed by atoms with van der Waals surface area (Å²) >= 11 is 0. The molecular weight excluding hydrogens is 336 g/mol. The number of rotatable bonds is 7. The van der Waals surface area contributed by atoms with Crippen molar-refractivity contribution in [3.63, 3.8) is 0 Å². The minimum Gasteiger partial charge on any atom is -0.493 e. The highest BCUT2D eigenvalue weighted by Gasteiger charge is 2.21. The van der Waals surface area contributed by atoms with Gasteiger partial charge in [0, 0.05) is 23.9 Å². The van der Waals surface area contributed by atoms with E-state index in [-0.39, 0.29) is 0 Å². The summed E-state index contributed by atoms with van der Waals surface area (Å²) in [5.41, 5.74) is 2.81.